The van der Waals surface area contributed by atoms with Gasteiger partial charge in [-0.25, -0.2) is 0 Å². The van der Waals surface area contributed by atoms with Gasteiger partial charge in [0, 0.05) is 0 Å². The summed E-state index contributed by atoms with van der Waals surface area (Å²) < 4.78 is 0. The van der Waals surface area contributed by atoms with Crippen molar-refractivity contribution in [2.75, 3.05) is 24.6 Å². The predicted octanol–water partition coefficient (Wildman–Crippen LogP) is 3.94. The molecule has 0 amide bonds. The maximum absolute atomic E-state index is 2.39. The SMILES string of the molecule is CCP(CC)(CC)(CC)c1ccccc1. The molecule has 0 unspecified atom stereocenters. The van der Waals surface area contributed by atoms with Crippen LogP contribution in [0.4, 0.5) is 0 Å². The summed E-state index contributed by atoms with van der Waals surface area (Å²) in [6.07, 6.45) is 5.44. The fourth-order valence-electron chi connectivity index (χ4n) is 2.92. The minimum atomic E-state index is -1.59. The van der Waals surface area contributed by atoms with E-state index < -0.39 is 6.60 Å². The van der Waals surface area contributed by atoms with Crippen molar-refractivity contribution < 1.29 is 0 Å². The van der Waals surface area contributed by atoms with Gasteiger partial charge in [-0.2, -0.15) is 0 Å². The second kappa shape index (κ2) is 4.66. The molecular formula is C14H25P. The summed E-state index contributed by atoms with van der Waals surface area (Å²) in [4.78, 5) is 0. The molecule has 0 aromatic heterocycles. The molecule has 1 aromatic carbocycles. The van der Waals surface area contributed by atoms with Crippen molar-refractivity contribution in [2.24, 2.45) is 0 Å². The molecule has 0 N–H and O–H groups in total. The monoisotopic (exact) mass is 224 g/mol. The van der Waals surface area contributed by atoms with Crippen LogP contribution in [0.15, 0.2) is 30.3 Å². The molecule has 1 heteroatoms. The van der Waals surface area contributed by atoms with Gasteiger partial charge >= 0.3 is 94.6 Å². The van der Waals surface area contributed by atoms with E-state index in [0.29, 0.717) is 0 Å². The molecule has 0 saturated heterocycles. The molecule has 0 bridgehead atoms. The summed E-state index contributed by atoms with van der Waals surface area (Å²) in [6, 6.07) is 11.3. The van der Waals surface area contributed by atoms with Gasteiger partial charge in [-0.1, -0.05) is 0 Å². The fourth-order valence-corrected chi connectivity index (χ4v) is 8.08. The maximum atomic E-state index is 2.39. The van der Waals surface area contributed by atoms with Crippen molar-refractivity contribution in [3.8, 4) is 0 Å². The van der Waals surface area contributed by atoms with Crippen molar-refractivity contribution in [2.45, 2.75) is 27.7 Å². The van der Waals surface area contributed by atoms with Crippen LogP contribution in [-0.2, 0) is 0 Å². The summed E-state index contributed by atoms with van der Waals surface area (Å²) in [6.45, 7) is 7.97. The van der Waals surface area contributed by atoms with E-state index >= 15 is 0 Å². The molecule has 0 heterocycles. The van der Waals surface area contributed by atoms with Gasteiger partial charge in [0.15, 0.2) is 0 Å². The van der Waals surface area contributed by atoms with Gasteiger partial charge < -0.3 is 0 Å². The standard InChI is InChI=1S/C14H25P/c1-5-15(6-2,7-3,8-4)14-12-10-9-11-13-14/h9-13H,5-8H2,1-4H3. The van der Waals surface area contributed by atoms with Crippen molar-refractivity contribution in [1.82, 2.24) is 0 Å². The van der Waals surface area contributed by atoms with Crippen LogP contribution in [-0.4, -0.2) is 24.6 Å². The van der Waals surface area contributed by atoms with Crippen molar-refractivity contribution >= 4 is 11.9 Å². The summed E-state index contributed by atoms with van der Waals surface area (Å²) in [5.41, 5.74) is 0. The molecule has 15 heavy (non-hydrogen) atoms. The van der Waals surface area contributed by atoms with E-state index in [1.165, 1.54) is 24.6 Å². The Morgan fingerprint density at radius 3 is 1.47 bits per heavy atom. The first kappa shape index (κ1) is 12.7. The van der Waals surface area contributed by atoms with Gasteiger partial charge in [-0.3, -0.25) is 0 Å². The molecule has 0 radical (unpaired) electrons. The van der Waals surface area contributed by atoms with Gasteiger partial charge in [0.2, 0.25) is 0 Å². The summed E-state index contributed by atoms with van der Waals surface area (Å²) in [5.74, 6) is 0. The Morgan fingerprint density at radius 1 is 0.733 bits per heavy atom. The van der Waals surface area contributed by atoms with Crippen molar-refractivity contribution in [3.05, 3.63) is 30.3 Å². The first-order chi connectivity index (χ1) is 7.17. The van der Waals surface area contributed by atoms with Crippen LogP contribution >= 0.6 is 6.60 Å². The van der Waals surface area contributed by atoms with Crippen molar-refractivity contribution in [1.29, 1.82) is 0 Å². The van der Waals surface area contributed by atoms with E-state index in [2.05, 4.69) is 58.0 Å². The van der Waals surface area contributed by atoms with E-state index in [-0.39, 0.29) is 0 Å². The van der Waals surface area contributed by atoms with E-state index in [0.717, 1.165) is 0 Å². The quantitative estimate of drug-likeness (QED) is 0.664. The number of rotatable bonds is 5. The third-order valence-electron chi connectivity index (χ3n) is 4.80. The molecule has 0 nitrogen and oxygen atoms in total. The summed E-state index contributed by atoms with van der Waals surface area (Å²) in [5, 5.41) is 1.65. The van der Waals surface area contributed by atoms with Crippen LogP contribution in [0.3, 0.4) is 0 Å². The van der Waals surface area contributed by atoms with Crippen LogP contribution in [0.1, 0.15) is 27.7 Å². The van der Waals surface area contributed by atoms with Crippen LogP contribution in [0.2, 0.25) is 0 Å². The van der Waals surface area contributed by atoms with Crippen LogP contribution in [0, 0.1) is 0 Å². The molecule has 0 spiro atoms. The average Bonchev–Trinajstić information content (AvgIpc) is 2.35. The Morgan fingerprint density at radius 2 is 1.13 bits per heavy atom. The van der Waals surface area contributed by atoms with Gasteiger partial charge in [0.05, 0.1) is 0 Å². The molecule has 0 aliphatic heterocycles. The normalized spacial score (nSPS) is 14.5. The zero-order valence-electron chi connectivity index (χ0n) is 10.7. The second-order valence-electron chi connectivity index (χ2n) is 4.57. The van der Waals surface area contributed by atoms with Gasteiger partial charge in [0.25, 0.3) is 0 Å². The summed E-state index contributed by atoms with van der Waals surface area (Å²) in [7, 11) is 0. The second-order valence-corrected chi connectivity index (χ2v) is 11.6. The van der Waals surface area contributed by atoms with E-state index in [1.807, 2.05) is 0 Å². The third-order valence-corrected chi connectivity index (χ3v) is 13.2. The summed E-state index contributed by atoms with van der Waals surface area (Å²) >= 11 is 0. The molecule has 0 aliphatic rings. The van der Waals surface area contributed by atoms with Gasteiger partial charge in [0.1, 0.15) is 0 Å². The van der Waals surface area contributed by atoms with E-state index in [9.17, 15) is 0 Å². The molecular weight excluding hydrogens is 199 g/mol. The average molecular weight is 224 g/mol. The molecule has 86 valence electrons. The van der Waals surface area contributed by atoms with Gasteiger partial charge in [-0.05, 0) is 0 Å². The number of hydrogen-bond donors (Lipinski definition) is 0. The first-order valence-corrected chi connectivity index (χ1v) is 9.20. The van der Waals surface area contributed by atoms with Crippen LogP contribution in [0.5, 0.6) is 0 Å². The fraction of sp³-hybridized carbons (Fsp3) is 0.571. The Kier molecular flexibility index (Phi) is 3.95. The molecule has 0 saturated carbocycles. The Bertz CT molecular complexity index is 275. The molecule has 1 aromatic rings. The molecule has 1 rings (SSSR count). The van der Waals surface area contributed by atoms with Crippen LogP contribution in [0.25, 0.3) is 0 Å². The van der Waals surface area contributed by atoms with Gasteiger partial charge in [-0.15, -0.1) is 0 Å². The topological polar surface area (TPSA) is 0 Å². The van der Waals surface area contributed by atoms with Crippen LogP contribution < -0.4 is 5.30 Å². The Balaban J connectivity index is 3.34. The molecule has 0 fully saturated rings. The Hall–Kier alpha value is -0.350. The molecule has 0 aliphatic carbocycles. The predicted molar refractivity (Wildman–Crippen MR) is 75.2 cm³/mol. The Labute approximate surface area is 95.0 Å². The zero-order valence-corrected chi connectivity index (χ0v) is 11.6. The first-order valence-electron chi connectivity index (χ1n) is 6.23. The minimum absolute atomic E-state index is 1.36. The molecule has 0 atom stereocenters. The van der Waals surface area contributed by atoms with E-state index in [4.69, 9.17) is 0 Å². The zero-order chi connectivity index (χ0) is 11.4. The number of benzene rings is 1. The number of hydrogen-bond acceptors (Lipinski definition) is 0. The van der Waals surface area contributed by atoms with Crippen molar-refractivity contribution in [3.63, 3.8) is 0 Å². The van der Waals surface area contributed by atoms with E-state index in [1.54, 1.807) is 5.30 Å². The third kappa shape index (κ3) is 1.85.